The summed E-state index contributed by atoms with van der Waals surface area (Å²) in [4.78, 5) is 12.7. The van der Waals surface area contributed by atoms with Crippen molar-refractivity contribution < 1.29 is 4.79 Å². The fourth-order valence-electron chi connectivity index (χ4n) is 1.90. The van der Waals surface area contributed by atoms with Crippen molar-refractivity contribution in [3.05, 3.63) is 63.6 Å². The first-order valence-corrected chi connectivity index (χ1v) is 6.56. The predicted octanol–water partition coefficient (Wildman–Crippen LogP) is 4.44. The lowest BCUT2D eigenvalue weighted by Crippen LogP contribution is -2.16. The Bertz CT molecular complexity index is 598. The van der Waals surface area contributed by atoms with E-state index in [-0.39, 0.29) is 0 Å². The quantitative estimate of drug-likeness (QED) is 0.777. The topological polar surface area (TPSA) is 20.3 Å². The van der Waals surface area contributed by atoms with Crippen LogP contribution in [-0.2, 0) is 6.54 Å². The third-order valence-electron chi connectivity index (χ3n) is 2.83. The number of hydrogen-bond donors (Lipinski definition) is 0. The number of halogens is 2. The fourth-order valence-corrected chi connectivity index (χ4v) is 2.45. The first kappa shape index (κ1) is 13.9. The zero-order valence-corrected chi connectivity index (χ0v) is 11.9. The monoisotopic (exact) mass is 293 g/mol. The Balaban J connectivity index is 2.20. The van der Waals surface area contributed by atoms with Gasteiger partial charge in [-0.3, -0.25) is 4.79 Å². The van der Waals surface area contributed by atoms with Crippen LogP contribution in [0.1, 0.15) is 15.9 Å². The summed E-state index contributed by atoms with van der Waals surface area (Å²) in [6, 6.07) is 13.0. The summed E-state index contributed by atoms with van der Waals surface area (Å²) in [5, 5.41) is 1.28. The molecule has 0 saturated carbocycles. The zero-order chi connectivity index (χ0) is 13.8. The smallest absolute Gasteiger partial charge is 0.150 e. The highest BCUT2D eigenvalue weighted by Gasteiger charge is 2.07. The lowest BCUT2D eigenvalue weighted by atomic mass is 10.2. The molecule has 19 heavy (non-hydrogen) atoms. The van der Waals surface area contributed by atoms with Gasteiger partial charge >= 0.3 is 0 Å². The van der Waals surface area contributed by atoms with Gasteiger partial charge in [0.15, 0.2) is 0 Å². The average Bonchev–Trinajstić information content (AvgIpc) is 2.38. The highest BCUT2D eigenvalue weighted by molar-refractivity contribution is 6.33. The second-order valence-electron chi connectivity index (χ2n) is 4.31. The number of anilines is 1. The molecule has 0 unspecified atom stereocenters. The average molecular weight is 294 g/mol. The Labute approximate surface area is 122 Å². The second-order valence-corrected chi connectivity index (χ2v) is 5.16. The largest absolute Gasteiger partial charge is 0.369 e. The van der Waals surface area contributed by atoms with Gasteiger partial charge in [-0.2, -0.15) is 0 Å². The summed E-state index contributed by atoms with van der Waals surface area (Å²) >= 11 is 12.1. The van der Waals surface area contributed by atoms with Crippen molar-refractivity contribution in [2.45, 2.75) is 6.54 Å². The molecule has 0 radical (unpaired) electrons. The maximum atomic E-state index is 10.7. The summed E-state index contributed by atoms with van der Waals surface area (Å²) in [6.45, 7) is 0.695. The van der Waals surface area contributed by atoms with E-state index < -0.39 is 0 Å². The maximum absolute atomic E-state index is 10.7. The van der Waals surface area contributed by atoms with Crippen LogP contribution in [0.5, 0.6) is 0 Å². The Morgan fingerprint density at radius 3 is 2.58 bits per heavy atom. The molecule has 98 valence electrons. The van der Waals surface area contributed by atoms with Crippen molar-refractivity contribution in [1.29, 1.82) is 0 Å². The van der Waals surface area contributed by atoms with Gasteiger partial charge in [0, 0.05) is 24.2 Å². The van der Waals surface area contributed by atoms with Crippen LogP contribution in [0.15, 0.2) is 42.5 Å². The molecular formula is C15H13Cl2NO. The SMILES string of the molecule is CN(Cc1cccc(Cl)c1)c1ccc(C=O)cc1Cl. The van der Waals surface area contributed by atoms with Gasteiger partial charge in [0.05, 0.1) is 10.7 Å². The number of hydrogen-bond acceptors (Lipinski definition) is 2. The molecule has 2 aromatic rings. The van der Waals surface area contributed by atoms with Crippen molar-refractivity contribution in [1.82, 2.24) is 0 Å². The molecule has 0 aliphatic carbocycles. The highest BCUT2D eigenvalue weighted by atomic mass is 35.5. The van der Waals surface area contributed by atoms with Gasteiger partial charge in [-0.05, 0) is 35.9 Å². The van der Waals surface area contributed by atoms with Gasteiger partial charge in [0.1, 0.15) is 6.29 Å². The highest BCUT2D eigenvalue weighted by Crippen LogP contribution is 2.27. The van der Waals surface area contributed by atoms with E-state index in [1.807, 2.05) is 42.3 Å². The minimum Gasteiger partial charge on any atom is -0.369 e. The summed E-state index contributed by atoms with van der Waals surface area (Å²) in [5.41, 5.74) is 2.56. The van der Waals surface area contributed by atoms with E-state index in [0.29, 0.717) is 22.2 Å². The molecule has 0 saturated heterocycles. The van der Waals surface area contributed by atoms with Crippen LogP contribution in [0, 0.1) is 0 Å². The van der Waals surface area contributed by atoms with Crippen LogP contribution in [0.3, 0.4) is 0 Å². The second kappa shape index (κ2) is 6.09. The van der Waals surface area contributed by atoms with Crippen molar-refractivity contribution in [2.75, 3.05) is 11.9 Å². The lowest BCUT2D eigenvalue weighted by Gasteiger charge is -2.21. The molecule has 2 nitrogen and oxygen atoms in total. The third kappa shape index (κ3) is 3.49. The molecule has 2 rings (SSSR count). The predicted molar refractivity (Wildman–Crippen MR) is 80.4 cm³/mol. The van der Waals surface area contributed by atoms with Crippen LogP contribution in [0.4, 0.5) is 5.69 Å². The van der Waals surface area contributed by atoms with Gasteiger partial charge in [-0.15, -0.1) is 0 Å². The molecule has 0 bridgehead atoms. The minimum absolute atomic E-state index is 0.564. The molecule has 0 amide bonds. The van der Waals surface area contributed by atoms with E-state index in [4.69, 9.17) is 23.2 Å². The molecule has 0 spiro atoms. The molecule has 0 aromatic heterocycles. The molecule has 0 aliphatic heterocycles. The van der Waals surface area contributed by atoms with E-state index in [0.717, 1.165) is 17.5 Å². The van der Waals surface area contributed by atoms with Crippen molar-refractivity contribution in [3.63, 3.8) is 0 Å². The van der Waals surface area contributed by atoms with E-state index in [2.05, 4.69) is 0 Å². The molecule has 0 aliphatic rings. The summed E-state index contributed by atoms with van der Waals surface area (Å²) in [5.74, 6) is 0. The number of aldehydes is 1. The first-order chi connectivity index (χ1) is 9.10. The molecule has 4 heteroatoms. The van der Waals surface area contributed by atoms with Gasteiger partial charge in [0.25, 0.3) is 0 Å². The Morgan fingerprint density at radius 2 is 1.95 bits per heavy atom. The fraction of sp³-hybridized carbons (Fsp3) is 0.133. The summed E-state index contributed by atoms with van der Waals surface area (Å²) in [6.07, 6.45) is 0.784. The molecule has 2 aromatic carbocycles. The van der Waals surface area contributed by atoms with Crippen molar-refractivity contribution in [3.8, 4) is 0 Å². The summed E-state index contributed by atoms with van der Waals surface area (Å²) in [7, 11) is 1.95. The summed E-state index contributed by atoms with van der Waals surface area (Å²) < 4.78 is 0. The minimum atomic E-state index is 0.564. The number of carbonyl (C=O) groups excluding carboxylic acids is 1. The van der Waals surface area contributed by atoms with Gasteiger partial charge < -0.3 is 4.90 Å². The van der Waals surface area contributed by atoms with Crippen molar-refractivity contribution >= 4 is 35.2 Å². The lowest BCUT2D eigenvalue weighted by molar-refractivity contribution is 0.112. The molecule has 0 fully saturated rings. The Hall–Kier alpha value is -1.51. The normalized spacial score (nSPS) is 10.3. The van der Waals surface area contributed by atoms with Gasteiger partial charge in [-0.1, -0.05) is 35.3 Å². The van der Waals surface area contributed by atoms with Gasteiger partial charge in [0.2, 0.25) is 0 Å². The number of carbonyl (C=O) groups is 1. The maximum Gasteiger partial charge on any atom is 0.150 e. The van der Waals surface area contributed by atoms with Crippen LogP contribution in [0.2, 0.25) is 10.0 Å². The molecule has 0 N–H and O–H groups in total. The molecule has 0 heterocycles. The van der Waals surface area contributed by atoms with Crippen LogP contribution >= 0.6 is 23.2 Å². The third-order valence-corrected chi connectivity index (χ3v) is 3.37. The van der Waals surface area contributed by atoms with Crippen LogP contribution < -0.4 is 4.90 Å². The standard InChI is InChI=1S/C15H13Cl2NO/c1-18(9-11-3-2-4-13(16)7-11)15-6-5-12(10-19)8-14(15)17/h2-8,10H,9H2,1H3. The van der Waals surface area contributed by atoms with Crippen molar-refractivity contribution in [2.24, 2.45) is 0 Å². The van der Waals surface area contributed by atoms with Crippen LogP contribution in [-0.4, -0.2) is 13.3 Å². The molecular weight excluding hydrogens is 281 g/mol. The van der Waals surface area contributed by atoms with Crippen LogP contribution in [0.25, 0.3) is 0 Å². The zero-order valence-electron chi connectivity index (χ0n) is 10.4. The number of nitrogens with zero attached hydrogens (tertiary/aromatic N) is 1. The number of benzene rings is 2. The molecule has 0 atom stereocenters. The Kier molecular flexibility index (Phi) is 4.46. The van der Waals surface area contributed by atoms with E-state index >= 15 is 0 Å². The van der Waals surface area contributed by atoms with Gasteiger partial charge in [-0.25, -0.2) is 0 Å². The van der Waals surface area contributed by atoms with E-state index in [1.54, 1.807) is 12.1 Å². The number of rotatable bonds is 4. The van der Waals surface area contributed by atoms with E-state index in [9.17, 15) is 4.79 Å². The van der Waals surface area contributed by atoms with E-state index in [1.165, 1.54) is 0 Å². The Morgan fingerprint density at radius 1 is 1.16 bits per heavy atom. The first-order valence-electron chi connectivity index (χ1n) is 5.80.